The molecule has 0 unspecified atom stereocenters. The quantitative estimate of drug-likeness (QED) is 0.808. The minimum absolute atomic E-state index is 0.00553. The maximum absolute atomic E-state index is 12.2. The first kappa shape index (κ1) is 16.6. The van der Waals surface area contributed by atoms with Crippen LogP contribution in [0.3, 0.4) is 0 Å². The van der Waals surface area contributed by atoms with Gasteiger partial charge in [0.1, 0.15) is 0 Å². The van der Waals surface area contributed by atoms with Crippen LogP contribution in [0.1, 0.15) is 30.7 Å². The van der Waals surface area contributed by atoms with E-state index >= 15 is 0 Å². The lowest BCUT2D eigenvalue weighted by Gasteiger charge is -2.31. The number of likely N-dealkylation sites (tertiary alicyclic amines) is 1. The highest BCUT2D eigenvalue weighted by Crippen LogP contribution is 2.17. The first-order valence-corrected chi connectivity index (χ1v) is 8.97. The number of aromatic nitrogens is 2. The van der Waals surface area contributed by atoms with Crippen molar-refractivity contribution >= 4 is 16.3 Å². The minimum Gasteiger partial charge on any atom is -0.396 e. The highest BCUT2D eigenvalue weighted by molar-refractivity contribution is 7.15. The van der Waals surface area contributed by atoms with Gasteiger partial charge in [-0.3, -0.25) is 14.1 Å². The smallest absolute Gasteiger partial charge is 0.259 e. The number of ether oxygens (including phenoxy) is 1. The third kappa shape index (κ3) is 3.98. The summed E-state index contributed by atoms with van der Waals surface area (Å²) < 4.78 is 7.41. The van der Waals surface area contributed by atoms with Crippen molar-refractivity contribution in [2.24, 2.45) is 0 Å². The monoisotopic (exact) mass is 337 g/mol. The Morgan fingerprint density at radius 1 is 1.43 bits per heavy atom. The second-order valence-corrected chi connectivity index (χ2v) is 6.84. The molecule has 0 spiro atoms. The number of nitrogens with zero attached hydrogens (tertiary/aromatic N) is 3. The van der Waals surface area contributed by atoms with E-state index in [9.17, 15) is 4.79 Å². The lowest BCUT2D eigenvalue weighted by Crippen LogP contribution is -2.37. The van der Waals surface area contributed by atoms with Gasteiger partial charge >= 0.3 is 0 Å². The maximum Gasteiger partial charge on any atom is 0.259 e. The van der Waals surface area contributed by atoms with Crippen LogP contribution < -0.4 is 5.56 Å². The number of hydrogen-bond donors (Lipinski definition) is 1. The van der Waals surface area contributed by atoms with Gasteiger partial charge in [0, 0.05) is 50.0 Å². The van der Waals surface area contributed by atoms with Crippen molar-refractivity contribution in [1.82, 2.24) is 14.3 Å². The summed E-state index contributed by atoms with van der Waals surface area (Å²) in [5.41, 5.74) is 1.79. The Labute approximate surface area is 139 Å². The Morgan fingerprint density at radius 3 is 2.96 bits per heavy atom. The molecule has 3 heterocycles. The van der Waals surface area contributed by atoms with E-state index in [0.29, 0.717) is 25.7 Å². The van der Waals surface area contributed by atoms with Gasteiger partial charge in [-0.25, -0.2) is 4.98 Å². The first-order chi connectivity index (χ1) is 11.2. The number of piperidine rings is 1. The van der Waals surface area contributed by atoms with Crippen LogP contribution in [0.25, 0.3) is 4.96 Å². The molecule has 7 heteroatoms. The number of hydrogen-bond acceptors (Lipinski definition) is 6. The molecule has 23 heavy (non-hydrogen) atoms. The van der Waals surface area contributed by atoms with Crippen LogP contribution in [0.5, 0.6) is 0 Å². The van der Waals surface area contributed by atoms with Crippen molar-refractivity contribution in [3.63, 3.8) is 0 Å². The fraction of sp³-hybridized carbons (Fsp3) is 0.625. The molecule has 1 saturated heterocycles. The van der Waals surface area contributed by atoms with E-state index < -0.39 is 0 Å². The van der Waals surface area contributed by atoms with Crippen LogP contribution in [0, 0.1) is 6.92 Å². The van der Waals surface area contributed by atoms with Gasteiger partial charge in [-0.05, 0) is 26.2 Å². The molecule has 1 fully saturated rings. The van der Waals surface area contributed by atoms with Gasteiger partial charge in [0.15, 0.2) is 4.96 Å². The number of aliphatic hydroxyl groups is 1. The first-order valence-electron chi connectivity index (χ1n) is 8.09. The van der Waals surface area contributed by atoms with E-state index in [2.05, 4.69) is 9.88 Å². The lowest BCUT2D eigenvalue weighted by molar-refractivity contribution is 0.000579. The summed E-state index contributed by atoms with van der Waals surface area (Å²) in [5, 5.41) is 10.7. The van der Waals surface area contributed by atoms with E-state index in [-0.39, 0.29) is 12.2 Å². The largest absolute Gasteiger partial charge is 0.396 e. The number of rotatable bonds is 6. The second kappa shape index (κ2) is 7.53. The van der Waals surface area contributed by atoms with Gasteiger partial charge in [-0.1, -0.05) is 0 Å². The predicted molar refractivity (Wildman–Crippen MR) is 90.0 cm³/mol. The fourth-order valence-corrected chi connectivity index (χ4v) is 3.85. The molecule has 0 amide bonds. The third-order valence-corrected chi connectivity index (χ3v) is 5.15. The average molecular weight is 337 g/mol. The summed E-state index contributed by atoms with van der Waals surface area (Å²) in [6.07, 6.45) is 2.97. The topological polar surface area (TPSA) is 67.1 Å². The van der Waals surface area contributed by atoms with Gasteiger partial charge in [0.25, 0.3) is 5.56 Å². The minimum atomic E-state index is 0.00553. The molecule has 126 valence electrons. The van der Waals surface area contributed by atoms with Crippen LogP contribution in [-0.4, -0.2) is 51.8 Å². The van der Waals surface area contributed by atoms with Gasteiger partial charge < -0.3 is 9.84 Å². The van der Waals surface area contributed by atoms with Crippen LogP contribution in [0.2, 0.25) is 0 Å². The van der Waals surface area contributed by atoms with E-state index in [4.69, 9.17) is 9.84 Å². The molecule has 0 aromatic carbocycles. The summed E-state index contributed by atoms with van der Waals surface area (Å²) in [4.78, 5) is 19.9. The molecule has 1 aliphatic rings. The lowest BCUT2D eigenvalue weighted by atomic mass is 10.1. The number of thiazole rings is 1. The normalized spacial score (nSPS) is 17.1. The maximum atomic E-state index is 12.2. The van der Waals surface area contributed by atoms with Gasteiger partial charge in [0.05, 0.1) is 11.8 Å². The van der Waals surface area contributed by atoms with Crippen molar-refractivity contribution in [2.75, 3.05) is 26.3 Å². The molecule has 3 rings (SSSR count). The van der Waals surface area contributed by atoms with Gasteiger partial charge in [-0.15, -0.1) is 11.3 Å². The van der Waals surface area contributed by atoms with Crippen molar-refractivity contribution in [2.45, 2.75) is 38.8 Å². The predicted octanol–water partition coefficient (Wildman–Crippen LogP) is 1.43. The summed E-state index contributed by atoms with van der Waals surface area (Å²) in [6.45, 7) is 5.36. The zero-order valence-corrected chi connectivity index (χ0v) is 14.2. The van der Waals surface area contributed by atoms with Crippen molar-refractivity contribution < 1.29 is 9.84 Å². The van der Waals surface area contributed by atoms with Gasteiger partial charge in [-0.2, -0.15) is 0 Å². The molecule has 0 saturated carbocycles. The van der Waals surface area contributed by atoms with E-state index in [1.807, 2.05) is 12.3 Å². The molecule has 0 radical (unpaired) electrons. The van der Waals surface area contributed by atoms with E-state index in [0.717, 1.165) is 42.3 Å². The molecular weight excluding hydrogens is 314 g/mol. The van der Waals surface area contributed by atoms with E-state index in [1.54, 1.807) is 10.5 Å². The van der Waals surface area contributed by atoms with Crippen LogP contribution in [0.4, 0.5) is 0 Å². The van der Waals surface area contributed by atoms with E-state index in [1.165, 1.54) is 11.3 Å². The third-order valence-electron chi connectivity index (χ3n) is 4.20. The van der Waals surface area contributed by atoms with Crippen molar-refractivity contribution in [1.29, 1.82) is 0 Å². The standard InChI is InChI=1S/C16H23N3O3S/c1-12-11-23-16-17-13(9-15(21)19(12)16)10-18-5-3-14(4-6-18)22-8-2-7-20/h9,11,14,20H,2-8,10H2,1H3. The SMILES string of the molecule is Cc1csc2nc(CN3CCC(OCCCO)CC3)cc(=O)n12. The highest BCUT2D eigenvalue weighted by atomic mass is 32.1. The van der Waals surface area contributed by atoms with Crippen LogP contribution in [0.15, 0.2) is 16.2 Å². The Bertz CT molecular complexity index is 704. The molecule has 2 aromatic rings. The second-order valence-electron chi connectivity index (χ2n) is 6.00. The fourth-order valence-electron chi connectivity index (χ4n) is 2.96. The molecule has 0 aliphatic carbocycles. The number of aryl methyl sites for hydroxylation is 1. The van der Waals surface area contributed by atoms with Crippen LogP contribution in [-0.2, 0) is 11.3 Å². The van der Waals surface area contributed by atoms with Crippen molar-refractivity contribution in [3.8, 4) is 0 Å². The zero-order chi connectivity index (χ0) is 16.2. The van der Waals surface area contributed by atoms with Crippen LogP contribution >= 0.6 is 11.3 Å². The highest BCUT2D eigenvalue weighted by Gasteiger charge is 2.20. The summed E-state index contributed by atoms with van der Waals surface area (Å²) >= 11 is 1.51. The zero-order valence-electron chi connectivity index (χ0n) is 13.4. The van der Waals surface area contributed by atoms with Gasteiger partial charge in [0.2, 0.25) is 0 Å². The van der Waals surface area contributed by atoms with Crippen molar-refractivity contribution in [3.05, 3.63) is 33.2 Å². The Kier molecular flexibility index (Phi) is 5.42. The summed E-state index contributed by atoms with van der Waals surface area (Å²) in [5.74, 6) is 0. The summed E-state index contributed by atoms with van der Waals surface area (Å²) in [6, 6.07) is 1.65. The molecule has 0 bridgehead atoms. The Balaban J connectivity index is 1.58. The molecule has 0 atom stereocenters. The number of aliphatic hydroxyl groups excluding tert-OH is 1. The Hall–Kier alpha value is -1.28. The molecule has 1 aliphatic heterocycles. The summed E-state index contributed by atoms with van der Waals surface area (Å²) in [7, 11) is 0. The molecule has 6 nitrogen and oxygen atoms in total. The number of fused-ring (bicyclic) bond motifs is 1. The Morgan fingerprint density at radius 2 is 2.22 bits per heavy atom. The molecule has 2 aromatic heterocycles. The molecular formula is C16H23N3O3S. The average Bonchev–Trinajstić information content (AvgIpc) is 2.91. The molecule has 1 N–H and O–H groups in total.